The first kappa shape index (κ1) is 20.9. The molecule has 0 fully saturated rings. The summed E-state index contributed by atoms with van der Waals surface area (Å²) in [7, 11) is 0. The van der Waals surface area contributed by atoms with Crippen LogP contribution in [0, 0.1) is 0 Å². The van der Waals surface area contributed by atoms with E-state index in [1.54, 1.807) is 19.1 Å². The summed E-state index contributed by atoms with van der Waals surface area (Å²) in [5.41, 5.74) is -3.05. The number of ether oxygens (including phenoxy) is 1. The van der Waals surface area contributed by atoms with Crippen LogP contribution in [-0.2, 0) is 6.18 Å². The number of nitrogens with one attached hydrogen (secondary N) is 2. The zero-order valence-corrected chi connectivity index (χ0v) is 15.6. The molecule has 1 heterocycles. The fraction of sp³-hybridized carbons (Fsp3) is 0.150. The van der Waals surface area contributed by atoms with Gasteiger partial charge in [-0.3, -0.25) is 9.59 Å². The number of carbonyl (C=O) groups is 1. The standard InChI is InChI=1S/C20H16F3N3O4/c1-2-30-15-8-6-14(7-9-15)26-18(28)16(11-24-19(26)29)17(27)25-13-5-3-4-12(10-13)20(21,22)23/h3-11H,2H2,1H3,(H,24,29)(H,25,27). The number of amides is 1. The molecule has 0 aliphatic carbocycles. The van der Waals surface area contributed by atoms with Crippen molar-refractivity contribution in [1.29, 1.82) is 0 Å². The normalized spacial score (nSPS) is 11.2. The highest BCUT2D eigenvalue weighted by Gasteiger charge is 2.30. The van der Waals surface area contributed by atoms with Gasteiger partial charge in [-0.2, -0.15) is 13.2 Å². The Morgan fingerprint density at radius 2 is 1.83 bits per heavy atom. The Kier molecular flexibility index (Phi) is 5.77. The van der Waals surface area contributed by atoms with Crippen LogP contribution in [0.1, 0.15) is 22.8 Å². The summed E-state index contributed by atoms with van der Waals surface area (Å²) in [6.45, 7) is 2.24. The number of nitrogens with zero attached hydrogens (tertiary/aromatic N) is 1. The van der Waals surface area contributed by atoms with E-state index >= 15 is 0 Å². The zero-order valence-electron chi connectivity index (χ0n) is 15.6. The minimum Gasteiger partial charge on any atom is -0.494 e. The molecule has 7 nitrogen and oxygen atoms in total. The average Bonchev–Trinajstić information content (AvgIpc) is 2.69. The Morgan fingerprint density at radius 1 is 1.13 bits per heavy atom. The molecule has 0 aliphatic heterocycles. The molecule has 0 bridgehead atoms. The lowest BCUT2D eigenvalue weighted by atomic mass is 10.2. The van der Waals surface area contributed by atoms with Crippen molar-refractivity contribution in [3.05, 3.63) is 86.7 Å². The molecule has 1 amide bonds. The summed E-state index contributed by atoms with van der Waals surface area (Å²) >= 11 is 0. The van der Waals surface area contributed by atoms with Gasteiger partial charge in [0.2, 0.25) is 0 Å². The second-order valence-electron chi connectivity index (χ2n) is 6.11. The van der Waals surface area contributed by atoms with Gasteiger partial charge in [-0.15, -0.1) is 0 Å². The quantitative estimate of drug-likeness (QED) is 0.664. The molecule has 0 aliphatic rings. The van der Waals surface area contributed by atoms with Crippen LogP contribution in [0.4, 0.5) is 18.9 Å². The van der Waals surface area contributed by atoms with Crippen LogP contribution in [0.2, 0.25) is 0 Å². The molecule has 2 N–H and O–H groups in total. The van der Waals surface area contributed by atoms with E-state index in [1.165, 1.54) is 18.2 Å². The third-order valence-corrected chi connectivity index (χ3v) is 4.07. The number of aromatic amines is 1. The number of benzene rings is 2. The molecule has 0 saturated carbocycles. The van der Waals surface area contributed by atoms with Crippen LogP contribution in [-0.4, -0.2) is 22.1 Å². The number of alkyl halides is 3. The van der Waals surface area contributed by atoms with Crippen LogP contribution in [0.3, 0.4) is 0 Å². The van der Waals surface area contributed by atoms with Crippen LogP contribution < -0.4 is 21.3 Å². The molecule has 0 atom stereocenters. The molecule has 0 saturated heterocycles. The second-order valence-corrected chi connectivity index (χ2v) is 6.11. The van der Waals surface area contributed by atoms with Crippen molar-refractivity contribution in [2.45, 2.75) is 13.1 Å². The lowest BCUT2D eigenvalue weighted by Crippen LogP contribution is -2.38. The Labute approximate surface area is 167 Å². The maximum Gasteiger partial charge on any atom is 0.416 e. The van der Waals surface area contributed by atoms with Crippen LogP contribution >= 0.6 is 0 Å². The number of halogens is 3. The molecular formula is C20H16F3N3O4. The maximum absolute atomic E-state index is 12.8. The van der Waals surface area contributed by atoms with E-state index in [9.17, 15) is 27.6 Å². The second kappa shape index (κ2) is 8.27. The van der Waals surface area contributed by atoms with E-state index in [-0.39, 0.29) is 11.4 Å². The average molecular weight is 419 g/mol. The largest absolute Gasteiger partial charge is 0.494 e. The summed E-state index contributed by atoms with van der Waals surface area (Å²) in [5, 5.41) is 2.24. The van der Waals surface area contributed by atoms with Crippen molar-refractivity contribution in [1.82, 2.24) is 9.55 Å². The van der Waals surface area contributed by atoms with Gasteiger partial charge in [-0.1, -0.05) is 6.07 Å². The fourth-order valence-electron chi connectivity index (χ4n) is 2.70. The van der Waals surface area contributed by atoms with E-state index < -0.39 is 34.5 Å². The van der Waals surface area contributed by atoms with Crippen LogP contribution in [0.5, 0.6) is 5.75 Å². The molecule has 0 unspecified atom stereocenters. The summed E-state index contributed by atoms with van der Waals surface area (Å²) in [5.74, 6) is -0.431. The van der Waals surface area contributed by atoms with E-state index in [0.29, 0.717) is 12.4 Å². The van der Waals surface area contributed by atoms with Gasteiger partial charge in [0.1, 0.15) is 11.3 Å². The predicted octanol–water partition coefficient (Wildman–Crippen LogP) is 3.20. The third kappa shape index (κ3) is 4.43. The molecule has 10 heteroatoms. The Balaban J connectivity index is 1.94. The fourth-order valence-corrected chi connectivity index (χ4v) is 2.70. The van der Waals surface area contributed by atoms with Crippen molar-refractivity contribution in [2.75, 3.05) is 11.9 Å². The molecule has 0 spiro atoms. The van der Waals surface area contributed by atoms with Crippen molar-refractivity contribution in [3.8, 4) is 11.4 Å². The lowest BCUT2D eigenvalue weighted by molar-refractivity contribution is -0.137. The Morgan fingerprint density at radius 3 is 2.47 bits per heavy atom. The first-order valence-corrected chi connectivity index (χ1v) is 8.77. The van der Waals surface area contributed by atoms with Gasteiger partial charge >= 0.3 is 11.9 Å². The molecule has 1 aromatic heterocycles. The van der Waals surface area contributed by atoms with Gasteiger partial charge in [0, 0.05) is 11.9 Å². The first-order chi connectivity index (χ1) is 14.2. The molecular weight excluding hydrogens is 403 g/mol. The molecule has 30 heavy (non-hydrogen) atoms. The SMILES string of the molecule is CCOc1ccc(-n2c(=O)[nH]cc(C(=O)Nc3cccc(C(F)(F)F)c3)c2=O)cc1. The van der Waals surface area contributed by atoms with E-state index in [2.05, 4.69) is 10.3 Å². The highest BCUT2D eigenvalue weighted by Crippen LogP contribution is 2.30. The molecule has 2 aromatic carbocycles. The molecule has 3 aromatic rings. The molecule has 156 valence electrons. The van der Waals surface area contributed by atoms with Gasteiger partial charge in [-0.25, -0.2) is 9.36 Å². The smallest absolute Gasteiger partial charge is 0.416 e. The van der Waals surface area contributed by atoms with E-state index in [1.807, 2.05) is 0 Å². The molecule has 3 rings (SSSR count). The Bertz CT molecular complexity index is 1180. The third-order valence-electron chi connectivity index (χ3n) is 4.07. The summed E-state index contributed by atoms with van der Waals surface area (Å²) in [4.78, 5) is 39.7. The highest BCUT2D eigenvalue weighted by molar-refractivity contribution is 6.03. The number of H-pyrrole nitrogens is 1. The maximum atomic E-state index is 12.8. The van der Waals surface area contributed by atoms with Crippen molar-refractivity contribution < 1.29 is 22.7 Å². The zero-order chi connectivity index (χ0) is 21.9. The predicted molar refractivity (Wildman–Crippen MR) is 103 cm³/mol. The number of hydrogen-bond donors (Lipinski definition) is 2. The van der Waals surface area contributed by atoms with Crippen LogP contribution in [0.25, 0.3) is 5.69 Å². The Hall–Kier alpha value is -3.82. The minimum absolute atomic E-state index is 0.145. The van der Waals surface area contributed by atoms with Crippen molar-refractivity contribution in [3.63, 3.8) is 0 Å². The minimum atomic E-state index is -4.58. The van der Waals surface area contributed by atoms with E-state index in [4.69, 9.17) is 4.74 Å². The lowest BCUT2D eigenvalue weighted by Gasteiger charge is -2.11. The monoisotopic (exact) mass is 419 g/mol. The van der Waals surface area contributed by atoms with Crippen molar-refractivity contribution >= 4 is 11.6 Å². The van der Waals surface area contributed by atoms with Gasteiger partial charge in [-0.05, 0) is 49.4 Å². The van der Waals surface area contributed by atoms with Crippen LogP contribution in [0.15, 0.2) is 64.3 Å². The number of rotatable bonds is 5. The van der Waals surface area contributed by atoms with E-state index in [0.717, 1.165) is 29.0 Å². The van der Waals surface area contributed by atoms with Gasteiger partial charge in [0.15, 0.2) is 0 Å². The summed E-state index contributed by atoms with van der Waals surface area (Å²) in [6, 6.07) is 10.0. The summed E-state index contributed by atoms with van der Waals surface area (Å²) in [6.07, 6.45) is -3.67. The topological polar surface area (TPSA) is 93.2 Å². The number of anilines is 1. The number of hydrogen-bond acceptors (Lipinski definition) is 4. The van der Waals surface area contributed by atoms with Crippen molar-refractivity contribution in [2.24, 2.45) is 0 Å². The first-order valence-electron chi connectivity index (χ1n) is 8.77. The summed E-state index contributed by atoms with van der Waals surface area (Å²) < 4.78 is 44.6. The van der Waals surface area contributed by atoms with Gasteiger partial charge in [0.05, 0.1) is 17.9 Å². The molecule has 0 radical (unpaired) electrons. The van der Waals surface area contributed by atoms with Gasteiger partial charge < -0.3 is 15.0 Å². The number of aromatic nitrogens is 2. The van der Waals surface area contributed by atoms with Gasteiger partial charge in [0.25, 0.3) is 11.5 Å². The number of carbonyl (C=O) groups excluding carboxylic acids is 1. The highest BCUT2D eigenvalue weighted by atomic mass is 19.4.